The highest BCUT2D eigenvalue weighted by Gasteiger charge is 2.03. The molecule has 0 amide bonds. The summed E-state index contributed by atoms with van der Waals surface area (Å²) < 4.78 is 0. The van der Waals surface area contributed by atoms with E-state index in [1.807, 2.05) is 0 Å². The molecule has 2 radical (unpaired) electrons. The molecule has 1 atom stereocenters. The second-order valence-electron chi connectivity index (χ2n) is 6.80. The van der Waals surface area contributed by atoms with Crippen LogP contribution in [0.2, 0.25) is 0 Å². The molecule has 0 bridgehead atoms. The molecular formula is C22H42. The Labute approximate surface area is 142 Å². The zero-order valence-corrected chi connectivity index (χ0v) is 15.5. The molecule has 0 spiro atoms. The lowest BCUT2D eigenvalue weighted by Crippen LogP contribution is -1.97. The molecule has 0 aliphatic heterocycles. The van der Waals surface area contributed by atoms with Crippen molar-refractivity contribution in [2.75, 3.05) is 0 Å². The SMILES string of the molecule is [CH2]CC=CCC(CC)CCCCCCCCCCCCC[CH2]. The van der Waals surface area contributed by atoms with Gasteiger partial charge in [-0.05, 0) is 25.7 Å². The Morgan fingerprint density at radius 2 is 1.18 bits per heavy atom. The summed E-state index contributed by atoms with van der Waals surface area (Å²) in [6.07, 6.45) is 26.3. The standard InChI is InChI=1S/C22H42/c1-4-7-9-10-11-12-13-14-15-16-17-19-21-22(6-3)20-18-8-5-2/h8,18,22H,1-2,4-7,9-17,19-21H2,3H3. The minimum absolute atomic E-state index is 0.904. The van der Waals surface area contributed by atoms with Gasteiger partial charge in [-0.2, -0.15) is 0 Å². The summed E-state index contributed by atoms with van der Waals surface area (Å²) in [5.74, 6) is 0.904. The van der Waals surface area contributed by atoms with E-state index >= 15 is 0 Å². The van der Waals surface area contributed by atoms with E-state index in [1.165, 1.54) is 89.9 Å². The van der Waals surface area contributed by atoms with Crippen molar-refractivity contribution in [1.82, 2.24) is 0 Å². The summed E-state index contributed by atoms with van der Waals surface area (Å²) >= 11 is 0. The third kappa shape index (κ3) is 16.1. The zero-order chi connectivity index (χ0) is 16.3. The predicted octanol–water partition coefficient (Wildman–Crippen LogP) is 8.09. The maximum atomic E-state index is 3.90. The number of unbranched alkanes of at least 4 members (excludes halogenated alkanes) is 11. The summed E-state index contributed by atoms with van der Waals surface area (Å²) in [6.45, 7) is 10.1. The van der Waals surface area contributed by atoms with Gasteiger partial charge < -0.3 is 0 Å². The zero-order valence-electron chi connectivity index (χ0n) is 15.5. The quantitative estimate of drug-likeness (QED) is 0.188. The molecule has 0 heteroatoms. The van der Waals surface area contributed by atoms with Crippen LogP contribution in [-0.4, -0.2) is 0 Å². The van der Waals surface area contributed by atoms with Gasteiger partial charge in [-0.15, -0.1) is 0 Å². The van der Waals surface area contributed by atoms with E-state index in [4.69, 9.17) is 0 Å². The summed E-state index contributed by atoms with van der Waals surface area (Å²) in [5.41, 5.74) is 0. The first-order valence-electron chi connectivity index (χ1n) is 10.1. The fraction of sp³-hybridized carbons (Fsp3) is 0.818. The Hall–Kier alpha value is -0.260. The van der Waals surface area contributed by atoms with Crippen molar-refractivity contribution in [2.24, 2.45) is 5.92 Å². The molecule has 0 nitrogen and oxygen atoms in total. The van der Waals surface area contributed by atoms with Crippen LogP contribution in [0.4, 0.5) is 0 Å². The van der Waals surface area contributed by atoms with E-state index in [-0.39, 0.29) is 0 Å². The highest BCUT2D eigenvalue weighted by Crippen LogP contribution is 2.19. The summed E-state index contributed by atoms with van der Waals surface area (Å²) in [5, 5.41) is 0. The number of rotatable bonds is 17. The molecule has 1 unspecified atom stereocenters. The average Bonchev–Trinajstić information content (AvgIpc) is 2.54. The van der Waals surface area contributed by atoms with Gasteiger partial charge >= 0.3 is 0 Å². The number of hydrogen-bond donors (Lipinski definition) is 0. The Bertz CT molecular complexity index is 216. The van der Waals surface area contributed by atoms with Gasteiger partial charge in [0.2, 0.25) is 0 Å². The molecule has 0 aliphatic rings. The molecule has 130 valence electrons. The largest absolute Gasteiger partial charge is 0.0885 e. The van der Waals surface area contributed by atoms with E-state index in [2.05, 4.69) is 32.9 Å². The number of hydrogen-bond acceptors (Lipinski definition) is 0. The Morgan fingerprint density at radius 3 is 1.64 bits per heavy atom. The molecule has 0 aromatic rings. The summed E-state index contributed by atoms with van der Waals surface area (Å²) in [6, 6.07) is 0. The lowest BCUT2D eigenvalue weighted by atomic mass is 9.94. The molecule has 0 saturated carbocycles. The van der Waals surface area contributed by atoms with Gasteiger partial charge in [0.25, 0.3) is 0 Å². The molecule has 0 aromatic carbocycles. The Balaban J connectivity index is 3.23. The van der Waals surface area contributed by atoms with Crippen molar-refractivity contribution in [3.63, 3.8) is 0 Å². The van der Waals surface area contributed by atoms with E-state index in [9.17, 15) is 0 Å². The van der Waals surface area contributed by atoms with Crippen molar-refractivity contribution in [3.05, 3.63) is 26.0 Å². The monoisotopic (exact) mass is 306 g/mol. The second kappa shape index (κ2) is 18.8. The fourth-order valence-electron chi connectivity index (χ4n) is 3.10. The van der Waals surface area contributed by atoms with Crippen molar-refractivity contribution >= 4 is 0 Å². The molecule has 0 saturated heterocycles. The van der Waals surface area contributed by atoms with Gasteiger partial charge in [0, 0.05) is 0 Å². The topological polar surface area (TPSA) is 0 Å². The van der Waals surface area contributed by atoms with Crippen molar-refractivity contribution in [3.8, 4) is 0 Å². The van der Waals surface area contributed by atoms with Crippen LogP contribution in [0.3, 0.4) is 0 Å². The van der Waals surface area contributed by atoms with E-state index < -0.39 is 0 Å². The lowest BCUT2D eigenvalue weighted by Gasteiger charge is -2.12. The molecule has 22 heavy (non-hydrogen) atoms. The molecule has 0 fully saturated rings. The maximum absolute atomic E-state index is 3.90. The molecule has 0 N–H and O–H groups in total. The van der Waals surface area contributed by atoms with E-state index in [1.54, 1.807) is 0 Å². The van der Waals surface area contributed by atoms with Crippen LogP contribution in [0.5, 0.6) is 0 Å². The minimum Gasteiger partial charge on any atom is -0.0885 e. The first-order chi connectivity index (χ1) is 10.8. The summed E-state index contributed by atoms with van der Waals surface area (Å²) in [7, 11) is 0. The third-order valence-corrected chi connectivity index (χ3v) is 4.74. The summed E-state index contributed by atoms with van der Waals surface area (Å²) in [4.78, 5) is 0. The smallest absolute Gasteiger partial charge is 0.0322 e. The van der Waals surface area contributed by atoms with Crippen LogP contribution in [0, 0.1) is 19.8 Å². The molecule has 0 heterocycles. The van der Waals surface area contributed by atoms with Gasteiger partial charge in [0.15, 0.2) is 0 Å². The van der Waals surface area contributed by atoms with Crippen molar-refractivity contribution in [2.45, 2.75) is 110 Å². The van der Waals surface area contributed by atoms with Crippen molar-refractivity contribution in [1.29, 1.82) is 0 Å². The van der Waals surface area contributed by atoms with Gasteiger partial charge in [0.05, 0.1) is 0 Å². The van der Waals surface area contributed by atoms with Gasteiger partial charge in [-0.3, -0.25) is 0 Å². The number of allylic oxidation sites excluding steroid dienone is 2. The van der Waals surface area contributed by atoms with Gasteiger partial charge in [-0.1, -0.05) is 116 Å². The first kappa shape index (κ1) is 21.7. The van der Waals surface area contributed by atoms with E-state index in [0.29, 0.717) is 0 Å². The van der Waals surface area contributed by atoms with Crippen LogP contribution in [0.25, 0.3) is 0 Å². The molecule has 0 aliphatic carbocycles. The maximum Gasteiger partial charge on any atom is -0.0322 e. The van der Waals surface area contributed by atoms with E-state index in [0.717, 1.165) is 18.8 Å². The Morgan fingerprint density at radius 1 is 0.682 bits per heavy atom. The average molecular weight is 307 g/mol. The fourth-order valence-corrected chi connectivity index (χ4v) is 3.10. The van der Waals surface area contributed by atoms with Crippen LogP contribution >= 0.6 is 0 Å². The predicted molar refractivity (Wildman–Crippen MR) is 103 cm³/mol. The highest BCUT2D eigenvalue weighted by molar-refractivity contribution is 4.84. The Kier molecular flexibility index (Phi) is 18.6. The van der Waals surface area contributed by atoms with Crippen molar-refractivity contribution < 1.29 is 0 Å². The first-order valence-corrected chi connectivity index (χ1v) is 10.1. The minimum atomic E-state index is 0.904. The van der Waals surface area contributed by atoms with Crippen LogP contribution in [0.1, 0.15) is 110 Å². The second-order valence-corrected chi connectivity index (χ2v) is 6.80. The lowest BCUT2D eigenvalue weighted by molar-refractivity contribution is 0.440. The highest BCUT2D eigenvalue weighted by atomic mass is 14.1. The van der Waals surface area contributed by atoms with Gasteiger partial charge in [0.1, 0.15) is 0 Å². The molecular weight excluding hydrogens is 264 g/mol. The van der Waals surface area contributed by atoms with Gasteiger partial charge in [-0.25, -0.2) is 0 Å². The van der Waals surface area contributed by atoms with Crippen LogP contribution in [-0.2, 0) is 0 Å². The third-order valence-electron chi connectivity index (χ3n) is 4.74. The van der Waals surface area contributed by atoms with Crippen LogP contribution < -0.4 is 0 Å². The van der Waals surface area contributed by atoms with Crippen LogP contribution in [0.15, 0.2) is 12.2 Å². The molecule has 0 rings (SSSR count). The normalized spacial score (nSPS) is 13.0. The molecule has 0 aromatic heterocycles.